The molecule has 2 heterocycles. The minimum absolute atomic E-state index is 0.615. The van der Waals surface area contributed by atoms with E-state index in [1.807, 2.05) is 11.7 Å². The molecule has 18 heavy (non-hydrogen) atoms. The number of aryl methyl sites for hydroxylation is 2. The van der Waals surface area contributed by atoms with Gasteiger partial charge in [0.25, 0.3) is 0 Å². The number of nitrogens with one attached hydrogen (secondary N) is 1. The molecule has 0 aliphatic carbocycles. The monoisotopic (exact) mass is 250 g/mol. The largest absolute Gasteiger partial charge is 0.366 e. The smallest absolute Gasteiger partial charge is 0.0855 e. The van der Waals surface area contributed by atoms with Gasteiger partial charge in [0, 0.05) is 38.9 Å². The van der Waals surface area contributed by atoms with Gasteiger partial charge in [-0.1, -0.05) is 20.8 Å². The predicted octanol–water partition coefficient (Wildman–Crippen LogP) is 1.81. The Balaban J connectivity index is 2.07. The zero-order valence-electron chi connectivity index (χ0n) is 12.1. The van der Waals surface area contributed by atoms with Crippen molar-refractivity contribution in [2.45, 2.75) is 39.7 Å². The van der Waals surface area contributed by atoms with Crippen molar-refractivity contribution in [2.75, 3.05) is 24.5 Å². The highest BCUT2D eigenvalue weighted by atomic mass is 15.3. The topological polar surface area (TPSA) is 33.1 Å². The maximum absolute atomic E-state index is 4.54. The fourth-order valence-corrected chi connectivity index (χ4v) is 2.81. The highest BCUT2D eigenvalue weighted by molar-refractivity contribution is 5.50. The van der Waals surface area contributed by atoms with Crippen molar-refractivity contribution < 1.29 is 0 Å². The Hall–Kier alpha value is -1.03. The lowest BCUT2D eigenvalue weighted by atomic mass is 10.0. The maximum Gasteiger partial charge on any atom is 0.0855 e. The lowest BCUT2D eigenvalue weighted by Gasteiger charge is -2.35. The van der Waals surface area contributed by atoms with Crippen molar-refractivity contribution >= 4 is 5.69 Å². The van der Waals surface area contributed by atoms with Crippen LogP contribution in [0.5, 0.6) is 0 Å². The van der Waals surface area contributed by atoms with E-state index in [9.17, 15) is 0 Å². The van der Waals surface area contributed by atoms with Gasteiger partial charge in [-0.05, 0) is 18.8 Å². The average Bonchev–Trinajstić information content (AvgIpc) is 2.70. The SMILES string of the molecule is CCc1nn(C)cc1N1CCNC(CC(C)C)C1. The first-order chi connectivity index (χ1) is 8.60. The van der Waals surface area contributed by atoms with E-state index in [1.54, 1.807) is 0 Å². The molecule has 0 radical (unpaired) electrons. The minimum Gasteiger partial charge on any atom is -0.366 e. The van der Waals surface area contributed by atoms with E-state index in [4.69, 9.17) is 0 Å². The van der Waals surface area contributed by atoms with Crippen LogP contribution in [0.1, 0.15) is 32.9 Å². The van der Waals surface area contributed by atoms with E-state index in [2.05, 4.69) is 42.3 Å². The molecule has 0 bridgehead atoms. The molecule has 1 unspecified atom stereocenters. The molecule has 1 aromatic heterocycles. The first-order valence-electron chi connectivity index (χ1n) is 7.11. The van der Waals surface area contributed by atoms with Gasteiger partial charge in [0.15, 0.2) is 0 Å². The molecule has 0 amide bonds. The molecule has 1 aliphatic rings. The van der Waals surface area contributed by atoms with Gasteiger partial charge in [-0.3, -0.25) is 4.68 Å². The zero-order valence-corrected chi connectivity index (χ0v) is 12.1. The summed E-state index contributed by atoms with van der Waals surface area (Å²) in [7, 11) is 2.01. The van der Waals surface area contributed by atoms with Gasteiger partial charge in [-0.25, -0.2) is 0 Å². The Morgan fingerprint density at radius 3 is 2.94 bits per heavy atom. The van der Waals surface area contributed by atoms with Crippen molar-refractivity contribution in [2.24, 2.45) is 13.0 Å². The van der Waals surface area contributed by atoms with E-state index < -0.39 is 0 Å². The van der Waals surface area contributed by atoms with Crippen molar-refractivity contribution in [3.05, 3.63) is 11.9 Å². The van der Waals surface area contributed by atoms with Crippen LogP contribution < -0.4 is 10.2 Å². The second-order valence-electron chi connectivity index (χ2n) is 5.71. The summed E-state index contributed by atoms with van der Waals surface area (Å²) in [5.74, 6) is 0.752. The molecule has 1 fully saturated rings. The quantitative estimate of drug-likeness (QED) is 0.884. The number of anilines is 1. The third-order valence-electron chi connectivity index (χ3n) is 3.57. The summed E-state index contributed by atoms with van der Waals surface area (Å²) in [4.78, 5) is 2.50. The molecule has 1 aliphatic heterocycles. The van der Waals surface area contributed by atoms with Crippen LogP contribution in [0, 0.1) is 5.92 Å². The molecule has 0 saturated carbocycles. The molecular formula is C14H26N4. The van der Waals surface area contributed by atoms with Gasteiger partial charge >= 0.3 is 0 Å². The highest BCUT2D eigenvalue weighted by Crippen LogP contribution is 2.22. The van der Waals surface area contributed by atoms with Gasteiger partial charge < -0.3 is 10.2 Å². The third-order valence-corrected chi connectivity index (χ3v) is 3.57. The zero-order chi connectivity index (χ0) is 13.1. The van der Waals surface area contributed by atoms with Crippen LogP contribution >= 0.6 is 0 Å². The van der Waals surface area contributed by atoms with Gasteiger partial charge in [0.2, 0.25) is 0 Å². The number of piperazine rings is 1. The maximum atomic E-state index is 4.54. The second-order valence-corrected chi connectivity index (χ2v) is 5.71. The highest BCUT2D eigenvalue weighted by Gasteiger charge is 2.22. The van der Waals surface area contributed by atoms with E-state index in [1.165, 1.54) is 17.8 Å². The Labute approximate surface area is 110 Å². The Morgan fingerprint density at radius 2 is 2.28 bits per heavy atom. The Morgan fingerprint density at radius 1 is 1.50 bits per heavy atom. The molecule has 4 heteroatoms. The number of hydrogen-bond acceptors (Lipinski definition) is 3. The molecule has 2 rings (SSSR count). The van der Waals surface area contributed by atoms with Gasteiger partial charge in [-0.2, -0.15) is 5.10 Å². The van der Waals surface area contributed by atoms with Crippen LogP contribution in [0.4, 0.5) is 5.69 Å². The average molecular weight is 250 g/mol. The number of nitrogens with zero attached hydrogens (tertiary/aromatic N) is 3. The van der Waals surface area contributed by atoms with Gasteiger partial charge in [0.05, 0.1) is 11.4 Å². The molecule has 1 N–H and O–H groups in total. The van der Waals surface area contributed by atoms with E-state index in [-0.39, 0.29) is 0 Å². The number of hydrogen-bond donors (Lipinski definition) is 1. The molecule has 0 aromatic carbocycles. The first-order valence-corrected chi connectivity index (χ1v) is 7.11. The molecule has 102 valence electrons. The van der Waals surface area contributed by atoms with E-state index in [0.29, 0.717) is 6.04 Å². The number of aromatic nitrogens is 2. The fraction of sp³-hybridized carbons (Fsp3) is 0.786. The van der Waals surface area contributed by atoms with Crippen molar-refractivity contribution in [3.63, 3.8) is 0 Å². The second kappa shape index (κ2) is 5.74. The number of rotatable bonds is 4. The summed E-state index contributed by atoms with van der Waals surface area (Å²) in [6, 6.07) is 0.615. The molecule has 1 saturated heterocycles. The van der Waals surface area contributed by atoms with Crippen LogP contribution in [0.25, 0.3) is 0 Å². The van der Waals surface area contributed by atoms with E-state index >= 15 is 0 Å². The summed E-state index contributed by atoms with van der Waals surface area (Å²) in [6.07, 6.45) is 4.42. The summed E-state index contributed by atoms with van der Waals surface area (Å²) < 4.78 is 1.94. The van der Waals surface area contributed by atoms with E-state index in [0.717, 1.165) is 32.0 Å². The standard InChI is InChI=1S/C14H26N4/c1-5-13-14(10-17(4)16-13)18-7-6-15-12(9-18)8-11(2)3/h10-12,15H,5-9H2,1-4H3. The minimum atomic E-state index is 0.615. The summed E-state index contributed by atoms with van der Waals surface area (Å²) >= 11 is 0. The molecular weight excluding hydrogens is 224 g/mol. The third kappa shape index (κ3) is 3.05. The summed E-state index contributed by atoms with van der Waals surface area (Å²) in [6.45, 7) is 10.0. The van der Waals surface area contributed by atoms with Crippen LogP contribution in [0.15, 0.2) is 6.20 Å². The Bertz CT molecular complexity index is 383. The summed E-state index contributed by atoms with van der Waals surface area (Å²) in [5.41, 5.74) is 2.55. The van der Waals surface area contributed by atoms with Crippen molar-refractivity contribution in [3.8, 4) is 0 Å². The first kappa shape index (κ1) is 13.4. The predicted molar refractivity (Wildman–Crippen MR) is 76.0 cm³/mol. The lowest BCUT2D eigenvalue weighted by Crippen LogP contribution is -2.51. The van der Waals surface area contributed by atoms with Crippen LogP contribution in [0.2, 0.25) is 0 Å². The van der Waals surface area contributed by atoms with Crippen LogP contribution in [-0.4, -0.2) is 35.5 Å². The van der Waals surface area contributed by atoms with Gasteiger partial charge in [-0.15, -0.1) is 0 Å². The normalized spacial score (nSPS) is 20.7. The summed E-state index contributed by atoms with van der Waals surface area (Å²) in [5, 5.41) is 8.17. The van der Waals surface area contributed by atoms with Crippen LogP contribution in [0.3, 0.4) is 0 Å². The fourth-order valence-electron chi connectivity index (χ4n) is 2.81. The molecule has 4 nitrogen and oxygen atoms in total. The Kier molecular flexibility index (Phi) is 4.27. The molecule has 1 atom stereocenters. The van der Waals surface area contributed by atoms with Crippen LogP contribution in [-0.2, 0) is 13.5 Å². The van der Waals surface area contributed by atoms with Crippen molar-refractivity contribution in [1.29, 1.82) is 0 Å². The van der Waals surface area contributed by atoms with Crippen molar-refractivity contribution in [1.82, 2.24) is 15.1 Å². The lowest BCUT2D eigenvalue weighted by molar-refractivity contribution is 0.388. The molecule has 1 aromatic rings. The van der Waals surface area contributed by atoms with Gasteiger partial charge in [0.1, 0.15) is 0 Å². The molecule has 0 spiro atoms.